The molecule has 6 heteroatoms. The largest absolute Gasteiger partial charge is 0.465 e. The molecule has 0 aliphatic carbocycles. The molecular weight excluding hydrogens is 297 g/mol. The molecule has 108 valence electrons. The van der Waals surface area contributed by atoms with E-state index in [9.17, 15) is 14.0 Å². The van der Waals surface area contributed by atoms with Gasteiger partial charge < -0.3 is 10.1 Å². The fourth-order valence-electron chi connectivity index (χ4n) is 1.69. The van der Waals surface area contributed by atoms with Crippen LogP contribution in [0.5, 0.6) is 0 Å². The molecule has 2 aromatic rings. The number of nitrogens with one attached hydrogen (secondary N) is 1. The summed E-state index contributed by atoms with van der Waals surface area (Å²) in [6.07, 6.45) is 0. The Balaban J connectivity index is 2.16. The number of amides is 1. The molecule has 0 radical (unpaired) electrons. The highest BCUT2D eigenvalue weighted by Crippen LogP contribution is 2.19. The van der Waals surface area contributed by atoms with E-state index >= 15 is 0 Å². The monoisotopic (exact) mass is 307 g/mol. The lowest BCUT2D eigenvalue weighted by atomic mass is 10.1. The van der Waals surface area contributed by atoms with Gasteiger partial charge >= 0.3 is 5.97 Å². The standard InChI is InChI=1S/C15H11ClFNO3/c1-21-15(20)9-5-7-10(8-6-9)18-14(19)11-3-2-4-12(16)13(11)17/h2-8H,1H3,(H,18,19). The van der Waals surface area contributed by atoms with Crippen LogP contribution in [0.3, 0.4) is 0 Å². The number of esters is 1. The van der Waals surface area contributed by atoms with Crippen molar-refractivity contribution in [2.24, 2.45) is 0 Å². The molecule has 0 aromatic heterocycles. The highest BCUT2D eigenvalue weighted by molar-refractivity contribution is 6.31. The first-order valence-electron chi connectivity index (χ1n) is 5.96. The van der Waals surface area contributed by atoms with E-state index in [1.807, 2.05) is 0 Å². The summed E-state index contributed by atoms with van der Waals surface area (Å²) in [4.78, 5) is 23.2. The Morgan fingerprint density at radius 2 is 1.81 bits per heavy atom. The van der Waals surface area contributed by atoms with Crippen LogP contribution in [0.15, 0.2) is 42.5 Å². The van der Waals surface area contributed by atoms with Crippen LogP contribution in [-0.4, -0.2) is 19.0 Å². The summed E-state index contributed by atoms with van der Waals surface area (Å²) in [5.74, 6) is -1.88. The molecule has 1 N–H and O–H groups in total. The molecule has 2 rings (SSSR count). The van der Waals surface area contributed by atoms with Crippen LogP contribution >= 0.6 is 11.6 Å². The van der Waals surface area contributed by atoms with Crippen LogP contribution < -0.4 is 5.32 Å². The minimum absolute atomic E-state index is 0.122. The van der Waals surface area contributed by atoms with Gasteiger partial charge in [-0.3, -0.25) is 4.79 Å². The molecule has 0 aliphatic heterocycles. The highest BCUT2D eigenvalue weighted by atomic mass is 35.5. The number of benzene rings is 2. The molecule has 1 amide bonds. The zero-order chi connectivity index (χ0) is 15.4. The van der Waals surface area contributed by atoms with Gasteiger partial charge in [-0.25, -0.2) is 9.18 Å². The van der Waals surface area contributed by atoms with Crippen molar-refractivity contribution in [2.75, 3.05) is 12.4 Å². The predicted molar refractivity (Wildman–Crippen MR) is 77.1 cm³/mol. The van der Waals surface area contributed by atoms with E-state index in [0.717, 1.165) is 0 Å². The van der Waals surface area contributed by atoms with Gasteiger partial charge in [-0.1, -0.05) is 17.7 Å². The lowest BCUT2D eigenvalue weighted by molar-refractivity contribution is 0.0600. The predicted octanol–water partition coefficient (Wildman–Crippen LogP) is 3.52. The third kappa shape index (κ3) is 3.38. The number of rotatable bonds is 3. The van der Waals surface area contributed by atoms with Gasteiger partial charge in [0.2, 0.25) is 0 Å². The number of hydrogen-bond donors (Lipinski definition) is 1. The molecule has 21 heavy (non-hydrogen) atoms. The van der Waals surface area contributed by atoms with Crippen LogP contribution in [0.2, 0.25) is 5.02 Å². The molecule has 0 atom stereocenters. The lowest BCUT2D eigenvalue weighted by Crippen LogP contribution is -2.14. The second-order valence-electron chi connectivity index (χ2n) is 4.12. The number of anilines is 1. The van der Waals surface area contributed by atoms with Gasteiger partial charge in [-0.15, -0.1) is 0 Å². The summed E-state index contributed by atoms with van der Waals surface area (Å²) in [5, 5.41) is 2.40. The zero-order valence-electron chi connectivity index (χ0n) is 11.0. The fourth-order valence-corrected chi connectivity index (χ4v) is 1.86. The summed E-state index contributed by atoms with van der Waals surface area (Å²) in [5.41, 5.74) is 0.621. The Hall–Kier alpha value is -2.40. The van der Waals surface area contributed by atoms with Crippen LogP contribution in [0.25, 0.3) is 0 Å². The molecule has 0 saturated heterocycles. The number of methoxy groups -OCH3 is 1. The van der Waals surface area contributed by atoms with Crippen molar-refractivity contribution in [3.05, 3.63) is 64.4 Å². The van der Waals surface area contributed by atoms with Gasteiger partial charge in [0, 0.05) is 5.69 Å². The minimum Gasteiger partial charge on any atom is -0.465 e. The molecule has 2 aromatic carbocycles. The SMILES string of the molecule is COC(=O)c1ccc(NC(=O)c2cccc(Cl)c2F)cc1. The maximum absolute atomic E-state index is 13.7. The Labute approximate surface area is 125 Å². The van der Waals surface area contributed by atoms with E-state index in [2.05, 4.69) is 10.1 Å². The van der Waals surface area contributed by atoms with Crippen LogP contribution in [0, 0.1) is 5.82 Å². The number of carbonyl (C=O) groups excluding carboxylic acids is 2. The van der Waals surface area contributed by atoms with Gasteiger partial charge in [-0.2, -0.15) is 0 Å². The molecule has 0 spiro atoms. The third-order valence-electron chi connectivity index (χ3n) is 2.76. The Morgan fingerprint density at radius 1 is 1.14 bits per heavy atom. The normalized spacial score (nSPS) is 10.0. The second-order valence-corrected chi connectivity index (χ2v) is 4.53. The van der Waals surface area contributed by atoms with Crippen molar-refractivity contribution in [3.63, 3.8) is 0 Å². The molecule has 0 saturated carbocycles. The quantitative estimate of drug-likeness (QED) is 0.883. The first-order chi connectivity index (χ1) is 10.0. The average Bonchev–Trinajstić information content (AvgIpc) is 2.50. The highest BCUT2D eigenvalue weighted by Gasteiger charge is 2.14. The number of halogens is 2. The van der Waals surface area contributed by atoms with Gasteiger partial charge in [-0.05, 0) is 36.4 Å². The molecular formula is C15H11ClFNO3. The van der Waals surface area contributed by atoms with E-state index in [-0.39, 0.29) is 10.6 Å². The molecule has 0 aliphatic rings. The summed E-state index contributed by atoms with van der Waals surface area (Å²) in [7, 11) is 1.28. The molecule has 0 fully saturated rings. The second kappa shape index (κ2) is 6.37. The first kappa shape index (κ1) is 15.0. The van der Waals surface area contributed by atoms with Gasteiger partial charge in [0.05, 0.1) is 23.3 Å². The maximum atomic E-state index is 13.7. The smallest absolute Gasteiger partial charge is 0.337 e. The Bertz CT molecular complexity index is 686. The average molecular weight is 308 g/mol. The van der Waals surface area contributed by atoms with E-state index in [0.29, 0.717) is 11.3 Å². The van der Waals surface area contributed by atoms with E-state index in [4.69, 9.17) is 11.6 Å². The Morgan fingerprint density at radius 3 is 2.43 bits per heavy atom. The van der Waals surface area contributed by atoms with E-state index < -0.39 is 17.7 Å². The van der Waals surface area contributed by atoms with Crippen LogP contribution in [-0.2, 0) is 4.74 Å². The molecule has 0 unspecified atom stereocenters. The van der Waals surface area contributed by atoms with Crippen LogP contribution in [0.4, 0.5) is 10.1 Å². The van der Waals surface area contributed by atoms with Gasteiger partial charge in [0.25, 0.3) is 5.91 Å². The maximum Gasteiger partial charge on any atom is 0.337 e. The first-order valence-corrected chi connectivity index (χ1v) is 6.34. The number of ether oxygens (including phenoxy) is 1. The topological polar surface area (TPSA) is 55.4 Å². The third-order valence-corrected chi connectivity index (χ3v) is 3.05. The number of carbonyl (C=O) groups is 2. The van der Waals surface area contributed by atoms with Crippen molar-refractivity contribution in [3.8, 4) is 0 Å². The van der Waals surface area contributed by atoms with Gasteiger partial charge in [0.15, 0.2) is 5.82 Å². The van der Waals surface area contributed by atoms with E-state index in [1.165, 1.54) is 49.6 Å². The minimum atomic E-state index is -0.775. The van der Waals surface area contributed by atoms with Crippen molar-refractivity contribution in [1.82, 2.24) is 0 Å². The van der Waals surface area contributed by atoms with Crippen molar-refractivity contribution in [1.29, 1.82) is 0 Å². The zero-order valence-corrected chi connectivity index (χ0v) is 11.8. The van der Waals surface area contributed by atoms with E-state index in [1.54, 1.807) is 0 Å². The lowest BCUT2D eigenvalue weighted by Gasteiger charge is -2.07. The van der Waals surface area contributed by atoms with Crippen LogP contribution in [0.1, 0.15) is 20.7 Å². The summed E-state index contributed by atoms with van der Waals surface area (Å²) < 4.78 is 18.3. The van der Waals surface area contributed by atoms with Crippen molar-refractivity contribution in [2.45, 2.75) is 0 Å². The summed E-state index contributed by atoms with van der Waals surface area (Å²) in [6.45, 7) is 0. The molecule has 4 nitrogen and oxygen atoms in total. The molecule has 0 heterocycles. The number of hydrogen-bond acceptors (Lipinski definition) is 3. The summed E-state index contributed by atoms with van der Waals surface area (Å²) >= 11 is 5.63. The fraction of sp³-hybridized carbons (Fsp3) is 0.0667. The van der Waals surface area contributed by atoms with Gasteiger partial charge in [0.1, 0.15) is 0 Å². The van der Waals surface area contributed by atoms with Crippen molar-refractivity contribution >= 4 is 29.2 Å². The summed E-state index contributed by atoms with van der Waals surface area (Å²) in [6, 6.07) is 10.2. The van der Waals surface area contributed by atoms with Crippen molar-refractivity contribution < 1.29 is 18.7 Å². The Kier molecular flexibility index (Phi) is 4.55. The molecule has 0 bridgehead atoms.